The summed E-state index contributed by atoms with van der Waals surface area (Å²) < 4.78 is 23.0. The zero-order valence-corrected chi connectivity index (χ0v) is 24.8. The number of nitrogens with zero attached hydrogens (tertiary/aromatic N) is 2. The van der Waals surface area contributed by atoms with Gasteiger partial charge in [-0.15, -0.1) is 0 Å². The highest BCUT2D eigenvalue weighted by molar-refractivity contribution is 9.11. The van der Waals surface area contributed by atoms with E-state index in [1.165, 1.54) is 13.3 Å². The SMILES string of the molecule is CCOC(=O)C1=C(C)NC(=O)N[C@H]1c1ccc(OCC(=O)N/N=C/c2cc(Br)cc(Br)c2OCC#N)c(OC)c1. The Morgan fingerprint density at radius 1 is 1.20 bits per heavy atom. The highest BCUT2D eigenvalue weighted by atomic mass is 79.9. The lowest BCUT2D eigenvalue weighted by molar-refractivity contribution is -0.139. The molecule has 0 bridgehead atoms. The van der Waals surface area contributed by atoms with Gasteiger partial charge in [0.05, 0.1) is 36.0 Å². The second kappa shape index (κ2) is 14.3. The fraction of sp³-hybridized carbons (Fsp3) is 0.269. The van der Waals surface area contributed by atoms with Crippen molar-refractivity contribution in [3.8, 4) is 23.3 Å². The minimum Gasteiger partial charge on any atom is -0.493 e. The summed E-state index contributed by atoms with van der Waals surface area (Å²) in [7, 11) is 1.42. The van der Waals surface area contributed by atoms with Gasteiger partial charge in [0.25, 0.3) is 5.91 Å². The number of rotatable bonds is 11. The Labute approximate surface area is 246 Å². The van der Waals surface area contributed by atoms with E-state index in [0.29, 0.717) is 27.0 Å². The van der Waals surface area contributed by atoms with Crippen molar-refractivity contribution in [2.75, 3.05) is 26.9 Å². The van der Waals surface area contributed by atoms with Gasteiger partial charge >= 0.3 is 12.0 Å². The van der Waals surface area contributed by atoms with E-state index in [2.05, 4.69) is 53.0 Å². The quantitative estimate of drug-likeness (QED) is 0.184. The number of benzene rings is 2. The van der Waals surface area contributed by atoms with Gasteiger partial charge in [-0.3, -0.25) is 4.79 Å². The summed E-state index contributed by atoms with van der Waals surface area (Å²) in [6.07, 6.45) is 1.37. The van der Waals surface area contributed by atoms with Gasteiger partial charge in [0.15, 0.2) is 24.7 Å². The zero-order valence-electron chi connectivity index (χ0n) is 21.7. The number of methoxy groups -OCH3 is 1. The second-order valence-corrected chi connectivity index (χ2v) is 9.81. The van der Waals surface area contributed by atoms with Gasteiger partial charge in [0.1, 0.15) is 11.8 Å². The monoisotopic (exact) mass is 677 g/mol. The van der Waals surface area contributed by atoms with Crippen molar-refractivity contribution in [3.63, 3.8) is 0 Å². The van der Waals surface area contributed by atoms with Gasteiger partial charge in [-0.1, -0.05) is 22.0 Å². The number of esters is 1. The van der Waals surface area contributed by atoms with Crippen molar-refractivity contribution in [1.29, 1.82) is 5.26 Å². The summed E-state index contributed by atoms with van der Waals surface area (Å²) in [5.74, 6) is -0.185. The topological polar surface area (TPSA) is 160 Å². The molecular formula is C26H25Br2N5O7. The number of carbonyl (C=O) groups is 3. The van der Waals surface area contributed by atoms with Crippen LogP contribution < -0.4 is 30.3 Å². The van der Waals surface area contributed by atoms with Crippen LogP contribution in [-0.2, 0) is 14.3 Å². The van der Waals surface area contributed by atoms with E-state index < -0.39 is 23.9 Å². The molecule has 1 atom stereocenters. The number of hydrogen-bond donors (Lipinski definition) is 3. The maximum Gasteiger partial charge on any atom is 0.338 e. The van der Waals surface area contributed by atoms with Gasteiger partial charge in [-0.05, 0) is 59.6 Å². The lowest BCUT2D eigenvalue weighted by Crippen LogP contribution is -2.45. The van der Waals surface area contributed by atoms with Crippen molar-refractivity contribution in [1.82, 2.24) is 16.1 Å². The molecule has 0 unspecified atom stereocenters. The molecule has 40 heavy (non-hydrogen) atoms. The number of urea groups is 1. The van der Waals surface area contributed by atoms with E-state index in [-0.39, 0.29) is 36.9 Å². The van der Waals surface area contributed by atoms with Crippen LogP contribution in [0.5, 0.6) is 17.2 Å². The molecule has 210 valence electrons. The van der Waals surface area contributed by atoms with Gasteiger partial charge in [0, 0.05) is 15.7 Å². The minimum atomic E-state index is -0.784. The van der Waals surface area contributed by atoms with Crippen LogP contribution in [0.3, 0.4) is 0 Å². The molecule has 0 aliphatic carbocycles. The van der Waals surface area contributed by atoms with E-state index in [4.69, 9.17) is 24.2 Å². The summed E-state index contributed by atoms with van der Waals surface area (Å²) >= 11 is 6.75. The molecule has 3 amide bonds. The van der Waals surface area contributed by atoms with Gasteiger partial charge < -0.3 is 29.6 Å². The molecule has 0 aromatic heterocycles. The van der Waals surface area contributed by atoms with Crippen LogP contribution in [0.2, 0.25) is 0 Å². The predicted octanol–water partition coefficient (Wildman–Crippen LogP) is 3.84. The number of allylic oxidation sites excluding steroid dienone is 1. The average molecular weight is 679 g/mol. The smallest absolute Gasteiger partial charge is 0.338 e. The number of amides is 3. The highest BCUT2D eigenvalue weighted by Gasteiger charge is 2.32. The summed E-state index contributed by atoms with van der Waals surface area (Å²) in [6, 6.07) is 8.92. The molecule has 0 saturated heterocycles. The van der Waals surface area contributed by atoms with Crippen LogP contribution in [0.1, 0.15) is 31.0 Å². The van der Waals surface area contributed by atoms with Crippen molar-refractivity contribution in [2.24, 2.45) is 5.10 Å². The van der Waals surface area contributed by atoms with E-state index in [0.717, 1.165) is 4.47 Å². The molecular weight excluding hydrogens is 654 g/mol. The fourth-order valence-electron chi connectivity index (χ4n) is 3.69. The van der Waals surface area contributed by atoms with E-state index in [1.54, 1.807) is 44.2 Å². The molecule has 2 aromatic carbocycles. The molecule has 3 rings (SSSR count). The van der Waals surface area contributed by atoms with E-state index >= 15 is 0 Å². The maximum atomic E-state index is 12.6. The summed E-state index contributed by atoms with van der Waals surface area (Å²) in [6.45, 7) is 2.94. The van der Waals surface area contributed by atoms with Crippen molar-refractivity contribution < 1.29 is 33.3 Å². The third-order valence-corrected chi connectivity index (χ3v) is 6.40. The lowest BCUT2D eigenvalue weighted by Gasteiger charge is -2.28. The molecule has 3 N–H and O–H groups in total. The summed E-state index contributed by atoms with van der Waals surface area (Å²) in [4.78, 5) is 37.0. The molecule has 1 aliphatic heterocycles. The molecule has 12 nitrogen and oxygen atoms in total. The molecule has 1 aliphatic rings. The first-order valence-electron chi connectivity index (χ1n) is 11.7. The highest BCUT2D eigenvalue weighted by Crippen LogP contribution is 2.35. The van der Waals surface area contributed by atoms with Crippen molar-refractivity contribution in [2.45, 2.75) is 19.9 Å². The Balaban J connectivity index is 1.70. The van der Waals surface area contributed by atoms with Crippen LogP contribution >= 0.6 is 31.9 Å². The third-order valence-electron chi connectivity index (χ3n) is 5.36. The Kier molecular flexibility index (Phi) is 10.9. The largest absolute Gasteiger partial charge is 0.493 e. The Morgan fingerprint density at radius 3 is 2.67 bits per heavy atom. The van der Waals surface area contributed by atoms with Crippen LogP contribution in [0.4, 0.5) is 4.79 Å². The van der Waals surface area contributed by atoms with Gasteiger partial charge in [-0.2, -0.15) is 10.4 Å². The molecule has 14 heteroatoms. The lowest BCUT2D eigenvalue weighted by atomic mass is 9.95. The molecule has 0 radical (unpaired) electrons. The normalized spacial score (nSPS) is 14.6. The third kappa shape index (κ3) is 7.73. The Morgan fingerprint density at radius 2 is 1.98 bits per heavy atom. The second-order valence-electron chi connectivity index (χ2n) is 8.04. The summed E-state index contributed by atoms with van der Waals surface area (Å²) in [5, 5.41) is 18.0. The first kappa shape index (κ1) is 30.5. The Hall–Kier alpha value is -4.09. The van der Waals surface area contributed by atoms with Crippen LogP contribution in [0, 0.1) is 11.3 Å². The molecule has 2 aromatic rings. The number of hydrazone groups is 1. The van der Waals surface area contributed by atoms with Crippen LogP contribution in [0.25, 0.3) is 0 Å². The number of halogens is 2. The van der Waals surface area contributed by atoms with Crippen LogP contribution in [-0.4, -0.2) is 51.1 Å². The summed E-state index contributed by atoms with van der Waals surface area (Å²) in [5.41, 5.74) is 4.07. The number of nitrogens with one attached hydrogen (secondary N) is 3. The molecule has 0 saturated carbocycles. The Bertz CT molecular complexity index is 1400. The van der Waals surface area contributed by atoms with E-state index in [9.17, 15) is 14.4 Å². The molecule has 1 heterocycles. The van der Waals surface area contributed by atoms with Gasteiger partial charge in [0.2, 0.25) is 0 Å². The molecule has 0 spiro atoms. The van der Waals surface area contributed by atoms with Crippen molar-refractivity contribution >= 4 is 56.0 Å². The number of nitriles is 1. The van der Waals surface area contributed by atoms with E-state index in [1.807, 2.05) is 6.07 Å². The first-order chi connectivity index (χ1) is 19.2. The number of carbonyl (C=O) groups excluding carboxylic acids is 3. The van der Waals surface area contributed by atoms with Crippen molar-refractivity contribution in [3.05, 3.63) is 61.7 Å². The van der Waals surface area contributed by atoms with Crippen LogP contribution in [0.15, 0.2) is 55.6 Å². The fourth-order valence-corrected chi connectivity index (χ4v) is 5.06. The average Bonchev–Trinajstić information content (AvgIpc) is 2.91. The predicted molar refractivity (Wildman–Crippen MR) is 151 cm³/mol. The zero-order chi connectivity index (χ0) is 29.2. The maximum absolute atomic E-state index is 12.6. The number of ether oxygens (including phenoxy) is 4. The molecule has 0 fully saturated rings. The minimum absolute atomic E-state index is 0.161. The van der Waals surface area contributed by atoms with Gasteiger partial charge in [-0.25, -0.2) is 15.0 Å². The number of hydrogen-bond acceptors (Lipinski definition) is 9. The first-order valence-corrected chi connectivity index (χ1v) is 13.3. The standard InChI is InChI=1S/C26H25Br2N5O7/c1-4-38-25(35)22-14(2)31-26(36)32-23(22)15-5-6-19(20(10-15)37-3)40-13-21(34)33-30-12-16-9-17(27)11-18(28)24(16)39-8-7-29/h5-6,9-12,23H,4,8,13H2,1-3H3,(H,33,34)(H2,31,32,36)/b30-12+/t23-/m0/s1.